The Labute approximate surface area is 130 Å². The molecule has 0 aliphatic rings. The van der Waals surface area contributed by atoms with Crippen LogP contribution >= 0.6 is 23.4 Å². The van der Waals surface area contributed by atoms with Crippen molar-refractivity contribution < 1.29 is 0 Å². The minimum Gasteiger partial charge on any atom is -0.399 e. The molecule has 0 saturated carbocycles. The second-order valence-corrected chi connectivity index (χ2v) is 5.93. The number of rotatable bonds is 3. The zero-order valence-corrected chi connectivity index (χ0v) is 12.5. The summed E-state index contributed by atoms with van der Waals surface area (Å²) < 4.78 is 0. The molecule has 0 amide bonds. The van der Waals surface area contributed by atoms with Crippen LogP contribution in [0.3, 0.4) is 0 Å². The number of hydrogen-bond donors (Lipinski definition) is 2. The number of benzene rings is 2. The third-order valence-electron chi connectivity index (χ3n) is 2.99. The maximum absolute atomic E-state index is 12.0. The van der Waals surface area contributed by atoms with Crippen molar-refractivity contribution in [1.29, 1.82) is 0 Å². The van der Waals surface area contributed by atoms with E-state index in [4.69, 9.17) is 17.3 Å². The van der Waals surface area contributed by atoms with Gasteiger partial charge in [0.15, 0.2) is 0 Å². The Morgan fingerprint density at radius 3 is 2.90 bits per heavy atom. The number of nitrogens with two attached hydrogens (primary N) is 1. The Hall–Kier alpha value is -1.98. The van der Waals surface area contributed by atoms with E-state index in [1.54, 1.807) is 18.2 Å². The van der Waals surface area contributed by atoms with E-state index in [9.17, 15) is 4.79 Å². The molecule has 0 bridgehead atoms. The third-order valence-corrected chi connectivity index (χ3v) is 4.50. The summed E-state index contributed by atoms with van der Waals surface area (Å²) in [5.41, 5.74) is 8.18. The van der Waals surface area contributed by atoms with Crippen molar-refractivity contribution in [3.8, 4) is 0 Å². The molecule has 0 atom stereocenters. The summed E-state index contributed by atoms with van der Waals surface area (Å²) in [6.07, 6.45) is 0. The molecule has 106 valence electrons. The molecule has 3 aromatic rings. The predicted octanol–water partition coefficient (Wildman–Crippen LogP) is 3.45. The molecule has 1 aromatic heterocycles. The lowest BCUT2D eigenvalue weighted by Gasteiger charge is -2.05. The van der Waals surface area contributed by atoms with Gasteiger partial charge in [-0.15, -0.1) is 11.8 Å². The number of aromatic nitrogens is 2. The zero-order chi connectivity index (χ0) is 14.8. The second-order valence-electron chi connectivity index (χ2n) is 4.51. The van der Waals surface area contributed by atoms with Gasteiger partial charge in [-0.3, -0.25) is 4.79 Å². The number of fused-ring (bicyclic) bond motifs is 1. The van der Waals surface area contributed by atoms with Gasteiger partial charge >= 0.3 is 0 Å². The monoisotopic (exact) mass is 317 g/mol. The molecule has 4 nitrogen and oxygen atoms in total. The van der Waals surface area contributed by atoms with Gasteiger partial charge in [-0.05, 0) is 30.3 Å². The number of hydrogen-bond acceptors (Lipinski definition) is 4. The summed E-state index contributed by atoms with van der Waals surface area (Å²) in [6.45, 7) is 0. The first-order chi connectivity index (χ1) is 10.1. The molecule has 6 heteroatoms. The van der Waals surface area contributed by atoms with Gasteiger partial charge in [0.05, 0.1) is 16.1 Å². The number of nitrogens with one attached hydrogen (secondary N) is 1. The summed E-state index contributed by atoms with van der Waals surface area (Å²) in [6, 6.07) is 12.7. The van der Waals surface area contributed by atoms with Crippen molar-refractivity contribution in [3.05, 3.63) is 63.5 Å². The van der Waals surface area contributed by atoms with Crippen molar-refractivity contribution in [2.24, 2.45) is 0 Å². The van der Waals surface area contributed by atoms with Crippen LogP contribution in [0.25, 0.3) is 11.0 Å². The van der Waals surface area contributed by atoms with Gasteiger partial charge in [0.1, 0.15) is 5.69 Å². The van der Waals surface area contributed by atoms with Crippen LogP contribution in [-0.2, 0) is 5.75 Å². The first-order valence-electron chi connectivity index (χ1n) is 6.29. The van der Waals surface area contributed by atoms with Gasteiger partial charge in [-0.25, -0.2) is 4.98 Å². The highest BCUT2D eigenvalue weighted by molar-refractivity contribution is 7.98. The highest BCUT2D eigenvalue weighted by atomic mass is 35.5. The number of anilines is 1. The van der Waals surface area contributed by atoms with E-state index in [1.807, 2.05) is 24.3 Å². The van der Waals surface area contributed by atoms with Gasteiger partial charge in [-0.1, -0.05) is 23.7 Å². The molecule has 0 aliphatic carbocycles. The first kappa shape index (κ1) is 14.0. The smallest absolute Gasteiger partial charge is 0.271 e. The maximum Gasteiger partial charge on any atom is 0.271 e. The highest BCUT2D eigenvalue weighted by Crippen LogP contribution is 2.30. The van der Waals surface area contributed by atoms with Crippen molar-refractivity contribution >= 4 is 40.1 Å². The van der Waals surface area contributed by atoms with E-state index in [1.165, 1.54) is 11.8 Å². The molecule has 3 rings (SSSR count). The second kappa shape index (κ2) is 5.79. The molecule has 1 heterocycles. The van der Waals surface area contributed by atoms with Gasteiger partial charge in [0.25, 0.3) is 5.56 Å². The van der Waals surface area contributed by atoms with Crippen LogP contribution in [0.4, 0.5) is 5.69 Å². The van der Waals surface area contributed by atoms with Gasteiger partial charge in [0, 0.05) is 16.3 Å². The molecule has 0 saturated heterocycles. The summed E-state index contributed by atoms with van der Waals surface area (Å²) in [4.78, 5) is 20.1. The maximum atomic E-state index is 12.0. The minimum absolute atomic E-state index is 0.179. The molecule has 0 spiro atoms. The molecule has 0 aliphatic heterocycles. The zero-order valence-electron chi connectivity index (χ0n) is 11.0. The van der Waals surface area contributed by atoms with E-state index >= 15 is 0 Å². The van der Waals surface area contributed by atoms with Crippen LogP contribution in [0.1, 0.15) is 5.69 Å². The topological polar surface area (TPSA) is 71.8 Å². The molecule has 21 heavy (non-hydrogen) atoms. The van der Waals surface area contributed by atoms with Crippen molar-refractivity contribution in [1.82, 2.24) is 9.97 Å². The Bertz CT molecular complexity index is 863. The molecule has 3 N–H and O–H groups in total. The van der Waals surface area contributed by atoms with E-state index < -0.39 is 0 Å². The summed E-state index contributed by atoms with van der Waals surface area (Å²) in [5.74, 6) is 0.434. The normalized spacial score (nSPS) is 10.9. The number of aromatic amines is 1. The number of halogens is 1. The largest absolute Gasteiger partial charge is 0.399 e. The van der Waals surface area contributed by atoms with Crippen LogP contribution in [0, 0.1) is 0 Å². The van der Waals surface area contributed by atoms with Crippen molar-refractivity contribution in [3.63, 3.8) is 0 Å². The van der Waals surface area contributed by atoms with E-state index in [2.05, 4.69) is 9.97 Å². The Kier molecular flexibility index (Phi) is 3.86. The van der Waals surface area contributed by atoms with Gasteiger partial charge in [0.2, 0.25) is 0 Å². The van der Waals surface area contributed by atoms with E-state index in [0.717, 1.165) is 15.9 Å². The fourth-order valence-corrected chi connectivity index (χ4v) is 3.14. The summed E-state index contributed by atoms with van der Waals surface area (Å²) in [5, 5.41) is 0.617. The Balaban J connectivity index is 1.90. The fourth-order valence-electron chi connectivity index (χ4n) is 1.94. The number of thioether (sulfide) groups is 1. The lowest BCUT2D eigenvalue weighted by molar-refractivity contribution is 1.10. The molecule has 0 unspecified atom stereocenters. The average molecular weight is 318 g/mol. The average Bonchev–Trinajstić information content (AvgIpc) is 2.48. The summed E-state index contributed by atoms with van der Waals surface area (Å²) >= 11 is 7.56. The van der Waals surface area contributed by atoms with Crippen LogP contribution < -0.4 is 11.3 Å². The highest BCUT2D eigenvalue weighted by Gasteiger charge is 2.07. The molecule has 0 radical (unpaired) electrons. The first-order valence-corrected chi connectivity index (χ1v) is 7.65. The van der Waals surface area contributed by atoms with E-state index in [-0.39, 0.29) is 5.56 Å². The molecule has 0 fully saturated rings. The number of para-hydroxylation sites is 2. The molecular weight excluding hydrogens is 306 g/mol. The quantitative estimate of drug-likeness (QED) is 0.573. The number of H-pyrrole nitrogens is 1. The van der Waals surface area contributed by atoms with Gasteiger partial charge in [-0.2, -0.15) is 0 Å². The SMILES string of the molecule is Nc1ccc(Cl)c(SCc2nc3ccccc3[nH]c2=O)c1. The lowest BCUT2D eigenvalue weighted by Crippen LogP contribution is -2.14. The van der Waals surface area contributed by atoms with Crippen LogP contribution in [0.15, 0.2) is 52.2 Å². The standard InChI is InChI=1S/C15H12ClN3OS/c16-10-6-5-9(17)7-14(10)21-8-13-15(20)19-12-4-2-1-3-11(12)18-13/h1-7H,8,17H2,(H,19,20). The van der Waals surface area contributed by atoms with Crippen LogP contribution in [-0.4, -0.2) is 9.97 Å². The summed E-state index contributed by atoms with van der Waals surface area (Å²) in [7, 11) is 0. The third kappa shape index (κ3) is 3.04. The molecule has 2 aromatic carbocycles. The Morgan fingerprint density at radius 1 is 1.24 bits per heavy atom. The lowest BCUT2D eigenvalue weighted by atomic mass is 10.3. The Morgan fingerprint density at radius 2 is 2.05 bits per heavy atom. The van der Waals surface area contributed by atoms with Crippen molar-refractivity contribution in [2.75, 3.05) is 5.73 Å². The number of nitrogen functional groups attached to an aromatic ring is 1. The molecular formula is C15H12ClN3OS. The van der Waals surface area contributed by atoms with Crippen LogP contribution in [0.5, 0.6) is 0 Å². The van der Waals surface area contributed by atoms with E-state index in [0.29, 0.717) is 22.2 Å². The predicted molar refractivity (Wildman–Crippen MR) is 87.8 cm³/mol. The number of nitrogens with zero attached hydrogens (tertiary/aromatic N) is 1. The minimum atomic E-state index is -0.179. The van der Waals surface area contributed by atoms with Gasteiger partial charge < -0.3 is 10.7 Å². The van der Waals surface area contributed by atoms with Crippen LogP contribution in [0.2, 0.25) is 5.02 Å². The fraction of sp³-hybridized carbons (Fsp3) is 0.0667. The van der Waals surface area contributed by atoms with Crippen molar-refractivity contribution in [2.45, 2.75) is 10.6 Å².